The number of alkyl halides is 1. The van der Waals surface area contributed by atoms with Crippen LogP contribution in [0.4, 0.5) is 0 Å². The Kier molecular flexibility index (Phi) is 4.49. The van der Waals surface area contributed by atoms with Crippen LogP contribution >= 0.6 is 19.2 Å². The minimum Gasteiger partial charge on any atom is -0.379 e. The Morgan fingerprint density at radius 2 is 2.00 bits per heavy atom. The number of hydrogen-bond acceptors (Lipinski definition) is 4. The molecule has 0 aliphatic carbocycles. The Bertz CT molecular complexity index is 131. The molecule has 1 N–H and O–H groups in total. The second kappa shape index (κ2) is 4.31. The number of rotatable bonds is 4. The molecule has 0 aliphatic heterocycles. The van der Waals surface area contributed by atoms with Crippen molar-refractivity contribution >= 4 is 19.2 Å². The van der Waals surface area contributed by atoms with Gasteiger partial charge in [0.15, 0.2) is 5.85 Å². The van der Waals surface area contributed by atoms with Crippen LogP contribution in [0.3, 0.4) is 0 Å². The van der Waals surface area contributed by atoms with Gasteiger partial charge < -0.3 is 14.2 Å². The predicted molar refractivity (Wildman–Crippen MR) is 38.4 cm³/mol. The van der Waals surface area contributed by atoms with Crippen LogP contribution < -0.4 is 0 Å². The Morgan fingerprint density at radius 1 is 1.60 bits per heavy atom. The van der Waals surface area contributed by atoms with Crippen LogP contribution in [-0.4, -0.2) is 31.1 Å². The van der Waals surface area contributed by atoms with Crippen molar-refractivity contribution in [3.63, 3.8) is 0 Å². The van der Waals surface area contributed by atoms with E-state index >= 15 is 0 Å². The van der Waals surface area contributed by atoms with Crippen molar-refractivity contribution in [2.45, 2.75) is 5.85 Å². The lowest BCUT2D eigenvalue weighted by Crippen LogP contribution is -2.11. The summed E-state index contributed by atoms with van der Waals surface area (Å²) in [5, 5.41) is 8.93. The molecule has 0 bridgehead atoms. The van der Waals surface area contributed by atoms with Crippen LogP contribution in [0, 0.1) is 0 Å². The highest BCUT2D eigenvalue weighted by atomic mass is 35.5. The minimum atomic E-state index is -3.35. The molecule has 1 unspecified atom stereocenters. The van der Waals surface area contributed by atoms with E-state index in [4.69, 9.17) is 16.7 Å². The summed E-state index contributed by atoms with van der Waals surface area (Å²) >= 11 is 5.21. The molecule has 4 nitrogen and oxygen atoms in total. The molecule has 0 heterocycles. The first kappa shape index (κ1) is 10.4. The Balaban J connectivity index is 4.18. The van der Waals surface area contributed by atoms with Gasteiger partial charge in [0.1, 0.15) is 0 Å². The normalized spacial score (nSPS) is 15.2. The quantitative estimate of drug-likeness (QED) is 0.529. The highest BCUT2D eigenvalue weighted by Gasteiger charge is 2.31. The summed E-state index contributed by atoms with van der Waals surface area (Å²) in [6.45, 7) is 0. The van der Waals surface area contributed by atoms with Crippen LogP contribution in [0.25, 0.3) is 0 Å². The predicted octanol–water partition coefficient (Wildman–Crippen LogP) is 1.03. The summed E-state index contributed by atoms with van der Waals surface area (Å²) in [6.07, 6.45) is 0. The Hall–Kier alpha value is 0.400. The maximum absolute atomic E-state index is 11.1. The monoisotopic (exact) mass is 188 g/mol. The molecule has 0 aromatic carbocycles. The van der Waals surface area contributed by atoms with Gasteiger partial charge >= 0.3 is 7.60 Å². The zero-order valence-electron chi connectivity index (χ0n) is 5.78. The first-order chi connectivity index (χ1) is 4.60. The lowest BCUT2D eigenvalue weighted by molar-refractivity contribution is 0.187. The number of hydrogen-bond donors (Lipinski definition) is 1. The molecule has 10 heavy (non-hydrogen) atoms. The molecule has 62 valence electrons. The van der Waals surface area contributed by atoms with E-state index < -0.39 is 13.4 Å². The number of aliphatic hydroxyl groups excluding tert-OH is 1. The fourth-order valence-electron chi connectivity index (χ4n) is 0.402. The fourth-order valence-corrected chi connectivity index (χ4v) is 1.71. The molecule has 0 amide bonds. The Labute approximate surface area is 64.6 Å². The molecule has 0 saturated carbocycles. The van der Waals surface area contributed by atoms with Crippen molar-refractivity contribution in [3.8, 4) is 0 Å². The van der Waals surface area contributed by atoms with E-state index in [0.29, 0.717) is 0 Å². The van der Waals surface area contributed by atoms with Gasteiger partial charge in [-0.25, -0.2) is 0 Å². The summed E-state index contributed by atoms with van der Waals surface area (Å²) in [5.41, 5.74) is 0. The van der Waals surface area contributed by atoms with Gasteiger partial charge in [-0.3, -0.25) is 4.57 Å². The molecule has 0 rings (SSSR count). The lowest BCUT2D eigenvalue weighted by atomic mass is 10.9. The van der Waals surface area contributed by atoms with E-state index in [1.54, 1.807) is 0 Å². The third kappa shape index (κ3) is 2.22. The van der Waals surface area contributed by atoms with Crippen LogP contribution in [0.2, 0.25) is 0 Å². The van der Waals surface area contributed by atoms with Crippen LogP contribution in [0.1, 0.15) is 0 Å². The van der Waals surface area contributed by atoms with Gasteiger partial charge in [0, 0.05) is 14.2 Å². The largest absolute Gasteiger partial charge is 0.379 e. The lowest BCUT2D eigenvalue weighted by Gasteiger charge is -2.16. The van der Waals surface area contributed by atoms with Crippen LogP contribution in [-0.2, 0) is 13.6 Å². The van der Waals surface area contributed by atoms with E-state index in [-0.39, 0.29) is 5.88 Å². The van der Waals surface area contributed by atoms with Gasteiger partial charge in [-0.15, -0.1) is 11.6 Å². The van der Waals surface area contributed by atoms with Crippen LogP contribution in [0.15, 0.2) is 0 Å². The van der Waals surface area contributed by atoms with E-state index in [1.807, 2.05) is 0 Å². The molecule has 6 heteroatoms. The van der Waals surface area contributed by atoms with Crippen molar-refractivity contribution in [1.82, 2.24) is 0 Å². The molecule has 0 aromatic heterocycles. The summed E-state index contributed by atoms with van der Waals surface area (Å²) in [6, 6.07) is 0. The van der Waals surface area contributed by atoms with Gasteiger partial charge in [0.2, 0.25) is 0 Å². The van der Waals surface area contributed by atoms with Gasteiger partial charge in [0.05, 0.1) is 5.88 Å². The SMILES string of the molecule is COP(=O)(OC)C(O)CCl. The van der Waals surface area contributed by atoms with Crippen molar-refractivity contribution < 1.29 is 18.7 Å². The molecule has 0 spiro atoms. The van der Waals surface area contributed by atoms with Crippen LogP contribution in [0.5, 0.6) is 0 Å². The smallest absolute Gasteiger partial charge is 0.359 e. The summed E-state index contributed by atoms with van der Waals surface area (Å²) in [5.74, 6) is -1.41. The molecular formula is C4H10ClO4P. The maximum Gasteiger partial charge on any atom is 0.359 e. The summed E-state index contributed by atoms with van der Waals surface area (Å²) in [4.78, 5) is 0. The summed E-state index contributed by atoms with van der Waals surface area (Å²) < 4.78 is 20.0. The van der Waals surface area contributed by atoms with Crippen molar-refractivity contribution in [3.05, 3.63) is 0 Å². The topological polar surface area (TPSA) is 55.8 Å². The van der Waals surface area contributed by atoms with E-state index in [2.05, 4.69) is 9.05 Å². The fraction of sp³-hybridized carbons (Fsp3) is 1.00. The first-order valence-corrected chi connectivity index (χ1v) is 4.70. The highest BCUT2D eigenvalue weighted by Crippen LogP contribution is 2.50. The third-order valence-corrected chi connectivity index (χ3v) is 3.45. The highest BCUT2D eigenvalue weighted by molar-refractivity contribution is 7.54. The molecule has 0 saturated heterocycles. The standard InChI is InChI=1S/C4H10ClO4P/c1-8-10(7,9-2)4(6)3-5/h4,6H,3H2,1-2H3. The zero-order chi connectivity index (χ0) is 8.20. The molecular weight excluding hydrogens is 178 g/mol. The first-order valence-electron chi connectivity index (χ1n) is 2.56. The third-order valence-electron chi connectivity index (χ3n) is 1.01. The summed E-state index contributed by atoms with van der Waals surface area (Å²) in [7, 11) is -0.960. The number of aliphatic hydroxyl groups is 1. The zero-order valence-corrected chi connectivity index (χ0v) is 7.43. The maximum atomic E-state index is 11.1. The van der Waals surface area contributed by atoms with Gasteiger partial charge in [-0.1, -0.05) is 0 Å². The van der Waals surface area contributed by atoms with E-state index in [1.165, 1.54) is 14.2 Å². The van der Waals surface area contributed by atoms with E-state index in [9.17, 15) is 4.57 Å². The molecule has 0 radical (unpaired) electrons. The average molecular weight is 189 g/mol. The molecule has 0 aromatic rings. The molecule has 0 fully saturated rings. The second-order valence-electron chi connectivity index (χ2n) is 1.54. The average Bonchev–Trinajstić information content (AvgIpc) is 2.01. The molecule has 1 atom stereocenters. The van der Waals surface area contributed by atoms with Crippen molar-refractivity contribution in [2.75, 3.05) is 20.1 Å². The van der Waals surface area contributed by atoms with E-state index in [0.717, 1.165) is 0 Å². The van der Waals surface area contributed by atoms with Crippen molar-refractivity contribution in [2.24, 2.45) is 0 Å². The van der Waals surface area contributed by atoms with Gasteiger partial charge in [-0.2, -0.15) is 0 Å². The Morgan fingerprint density at radius 3 is 2.10 bits per heavy atom. The van der Waals surface area contributed by atoms with Gasteiger partial charge in [0.25, 0.3) is 0 Å². The minimum absolute atomic E-state index is 0.168. The van der Waals surface area contributed by atoms with Gasteiger partial charge in [-0.05, 0) is 0 Å². The second-order valence-corrected chi connectivity index (χ2v) is 4.25. The molecule has 0 aliphatic rings. The van der Waals surface area contributed by atoms with Crippen molar-refractivity contribution in [1.29, 1.82) is 0 Å². The number of halogens is 1.